The molecule has 2 aromatic rings. The summed E-state index contributed by atoms with van der Waals surface area (Å²) in [7, 11) is 3.06. The first-order valence-corrected chi connectivity index (χ1v) is 4.78. The van der Waals surface area contributed by atoms with Gasteiger partial charge in [-0.25, -0.2) is 4.98 Å². The molecule has 1 heterocycles. The topological polar surface area (TPSA) is 64.2 Å². The minimum atomic E-state index is -0.206. The van der Waals surface area contributed by atoms with Crippen molar-refractivity contribution < 1.29 is 9.47 Å². The molecule has 84 valence electrons. The molecule has 0 unspecified atom stereocenters. The Morgan fingerprint density at radius 1 is 1.25 bits per heavy atom. The van der Waals surface area contributed by atoms with Gasteiger partial charge in [0.25, 0.3) is 5.56 Å². The Bertz CT molecular complexity index is 590. The number of H-pyrrole nitrogens is 1. The Balaban J connectivity index is 2.89. The highest BCUT2D eigenvalue weighted by Crippen LogP contribution is 2.27. The van der Waals surface area contributed by atoms with Crippen LogP contribution >= 0.6 is 0 Å². The van der Waals surface area contributed by atoms with Gasteiger partial charge in [-0.3, -0.25) is 4.79 Å². The summed E-state index contributed by atoms with van der Waals surface area (Å²) in [5.41, 5.74) is 0.361. The zero-order valence-electron chi connectivity index (χ0n) is 9.33. The lowest BCUT2D eigenvalue weighted by Gasteiger charge is -2.07. The fraction of sp³-hybridized carbons (Fsp3) is 0.273. The number of hydrogen-bond donors (Lipinski definition) is 1. The molecule has 1 aromatic carbocycles. The zero-order chi connectivity index (χ0) is 11.7. The first-order chi connectivity index (χ1) is 7.65. The van der Waals surface area contributed by atoms with Gasteiger partial charge in [0, 0.05) is 12.1 Å². The molecule has 0 fully saturated rings. The third kappa shape index (κ3) is 1.60. The van der Waals surface area contributed by atoms with Gasteiger partial charge >= 0.3 is 0 Å². The lowest BCUT2D eigenvalue weighted by atomic mass is 10.2. The van der Waals surface area contributed by atoms with E-state index in [2.05, 4.69) is 9.97 Å². The molecule has 1 aromatic heterocycles. The van der Waals surface area contributed by atoms with Crippen molar-refractivity contribution in [1.29, 1.82) is 0 Å². The maximum Gasteiger partial charge on any atom is 0.262 e. The van der Waals surface area contributed by atoms with Gasteiger partial charge in [-0.05, 0) is 6.92 Å². The molecular weight excluding hydrogens is 208 g/mol. The fourth-order valence-corrected chi connectivity index (χ4v) is 1.61. The van der Waals surface area contributed by atoms with Crippen LogP contribution < -0.4 is 15.0 Å². The van der Waals surface area contributed by atoms with Gasteiger partial charge in [0.2, 0.25) is 0 Å². The van der Waals surface area contributed by atoms with Gasteiger partial charge in [0.05, 0.1) is 19.7 Å². The summed E-state index contributed by atoms with van der Waals surface area (Å²) < 4.78 is 10.3. The van der Waals surface area contributed by atoms with E-state index in [-0.39, 0.29) is 5.56 Å². The molecule has 0 radical (unpaired) electrons. The maximum atomic E-state index is 11.8. The van der Waals surface area contributed by atoms with E-state index in [4.69, 9.17) is 9.47 Å². The Morgan fingerprint density at radius 2 is 2.00 bits per heavy atom. The predicted molar refractivity (Wildman–Crippen MR) is 60.2 cm³/mol. The van der Waals surface area contributed by atoms with Crippen molar-refractivity contribution in [2.45, 2.75) is 6.92 Å². The maximum absolute atomic E-state index is 11.8. The molecule has 1 N–H and O–H groups in total. The summed E-state index contributed by atoms with van der Waals surface area (Å²) in [6.45, 7) is 1.73. The number of aromatic amines is 1. The van der Waals surface area contributed by atoms with Crippen LogP contribution in [0.5, 0.6) is 11.5 Å². The fourth-order valence-electron chi connectivity index (χ4n) is 1.61. The molecule has 0 saturated heterocycles. The summed E-state index contributed by atoms with van der Waals surface area (Å²) in [5.74, 6) is 1.64. The number of rotatable bonds is 2. The Hall–Kier alpha value is -2.04. The summed E-state index contributed by atoms with van der Waals surface area (Å²) in [4.78, 5) is 18.6. The SMILES string of the molecule is COc1cc(OC)c2c(=O)[nH]c(C)nc2c1. The molecule has 5 nitrogen and oxygen atoms in total. The lowest BCUT2D eigenvalue weighted by molar-refractivity contribution is 0.397. The predicted octanol–water partition coefficient (Wildman–Crippen LogP) is 1.25. The van der Waals surface area contributed by atoms with Gasteiger partial charge in [-0.2, -0.15) is 0 Å². The highest BCUT2D eigenvalue weighted by Gasteiger charge is 2.10. The number of fused-ring (bicyclic) bond motifs is 1. The molecule has 5 heteroatoms. The zero-order valence-corrected chi connectivity index (χ0v) is 9.33. The van der Waals surface area contributed by atoms with Gasteiger partial charge < -0.3 is 14.5 Å². The van der Waals surface area contributed by atoms with Gasteiger partial charge in [0.15, 0.2) is 0 Å². The second-order valence-corrected chi connectivity index (χ2v) is 3.38. The Kier molecular flexibility index (Phi) is 2.52. The molecule has 0 aliphatic carbocycles. The van der Waals surface area contributed by atoms with Crippen molar-refractivity contribution in [3.8, 4) is 11.5 Å². The van der Waals surface area contributed by atoms with E-state index in [0.717, 1.165) is 0 Å². The van der Waals surface area contributed by atoms with E-state index in [0.29, 0.717) is 28.2 Å². The van der Waals surface area contributed by atoms with E-state index in [1.165, 1.54) is 7.11 Å². The standard InChI is InChI=1S/C11H12N2O3/c1-6-12-8-4-7(15-2)5-9(16-3)10(8)11(14)13-6/h4-5H,1-3H3,(H,12,13,14). The van der Waals surface area contributed by atoms with Crippen LogP contribution in [-0.2, 0) is 0 Å². The van der Waals surface area contributed by atoms with Crippen molar-refractivity contribution in [2.24, 2.45) is 0 Å². The summed E-state index contributed by atoms with van der Waals surface area (Å²) >= 11 is 0. The molecule has 0 aliphatic heterocycles. The number of ether oxygens (including phenoxy) is 2. The number of aromatic nitrogens is 2. The van der Waals surface area contributed by atoms with Crippen LogP contribution in [0, 0.1) is 6.92 Å². The molecule has 16 heavy (non-hydrogen) atoms. The van der Waals surface area contributed by atoms with Gasteiger partial charge in [-0.1, -0.05) is 0 Å². The summed E-state index contributed by atoms with van der Waals surface area (Å²) in [6.07, 6.45) is 0. The van der Waals surface area contributed by atoms with Crippen molar-refractivity contribution in [3.63, 3.8) is 0 Å². The number of hydrogen-bond acceptors (Lipinski definition) is 4. The summed E-state index contributed by atoms with van der Waals surface area (Å²) in [5, 5.41) is 0.439. The monoisotopic (exact) mass is 220 g/mol. The molecular formula is C11H12N2O3. The van der Waals surface area contributed by atoms with Crippen LogP contribution in [0.15, 0.2) is 16.9 Å². The van der Waals surface area contributed by atoms with Crippen LogP contribution in [0.4, 0.5) is 0 Å². The molecule has 0 aliphatic rings. The quantitative estimate of drug-likeness (QED) is 0.827. The van der Waals surface area contributed by atoms with Crippen LogP contribution in [0.2, 0.25) is 0 Å². The molecule has 0 amide bonds. The van der Waals surface area contributed by atoms with E-state index < -0.39 is 0 Å². The lowest BCUT2D eigenvalue weighted by Crippen LogP contribution is -2.11. The third-order valence-corrected chi connectivity index (χ3v) is 2.32. The van der Waals surface area contributed by atoms with E-state index in [1.807, 2.05) is 0 Å². The van der Waals surface area contributed by atoms with Crippen molar-refractivity contribution in [2.75, 3.05) is 14.2 Å². The van der Waals surface area contributed by atoms with Crippen LogP contribution in [0.3, 0.4) is 0 Å². The number of nitrogens with zero attached hydrogens (tertiary/aromatic N) is 1. The minimum absolute atomic E-state index is 0.206. The Labute approximate surface area is 92.0 Å². The number of benzene rings is 1. The van der Waals surface area contributed by atoms with Crippen LogP contribution in [0.1, 0.15) is 5.82 Å². The number of methoxy groups -OCH3 is 2. The van der Waals surface area contributed by atoms with E-state index >= 15 is 0 Å². The molecule has 0 bridgehead atoms. The highest BCUT2D eigenvalue weighted by atomic mass is 16.5. The summed E-state index contributed by atoms with van der Waals surface area (Å²) in [6, 6.07) is 3.37. The first-order valence-electron chi connectivity index (χ1n) is 4.78. The smallest absolute Gasteiger partial charge is 0.262 e. The van der Waals surface area contributed by atoms with Crippen molar-refractivity contribution in [3.05, 3.63) is 28.3 Å². The van der Waals surface area contributed by atoms with E-state index in [1.54, 1.807) is 26.2 Å². The van der Waals surface area contributed by atoms with E-state index in [9.17, 15) is 4.79 Å². The van der Waals surface area contributed by atoms with Crippen molar-refractivity contribution >= 4 is 10.9 Å². The number of aryl methyl sites for hydroxylation is 1. The van der Waals surface area contributed by atoms with Crippen molar-refractivity contribution in [1.82, 2.24) is 9.97 Å². The first kappa shape index (κ1) is 10.5. The molecule has 0 saturated carbocycles. The molecule has 0 atom stereocenters. The molecule has 2 rings (SSSR count). The molecule has 0 spiro atoms. The van der Waals surface area contributed by atoms with Crippen LogP contribution in [0.25, 0.3) is 10.9 Å². The van der Waals surface area contributed by atoms with Gasteiger partial charge in [-0.15, -0.1) is 0 Å². The third-order valence-electron chi connectivity index (χ3n) is 2.32. The largest absolute Gasteiger partial charge is 0.497 e. The average molecular weight is 220 g/mol. The average Bonchev–Trinajstić information content (AvgIpc) is 2.26. The number of nitrogens with one attached hydrogen (secondary N) is 1. The minimum Gasteiger partial charge on any atom is -0.497 e. The van der Waals surface area contributed by atoms with Gasteiger partial charge in [0.1, 0.15) is 22.7 Å². The highest BCUT2D eigenvalue weighted by molar-refractivity contribution is 5.85. The van der Waals surface area contributed by atoms with Crippen LogP contribution in [-0.4, -0.2) is 24.2 Å². The second kappa shape index (κ2) is 3.84. The second-order valence-electron chi connectivity index (χ2n) is 3.38. The Morgan fingerprint density at radius 3 is 2.62 bits per heavy atom. The normalized spacial score (nSPS) is 10.4.